The number of rotatable bonds is 6. The fraction of sp³-hybridized carbons (Fsp3) is 0.217. The Labute approximate surface area is 148 Å². The third kappa shape index (κ3) is 3.96. The lowest BCUT2D eigenvalue weighted by molar-refractivity contribution is 0.498. The third-order valence-corrected chi connectivity index (χ3v) is 4.51. The molecule has 0 aliphatic rings. The lowest BCUT2D eigenvalue weighted by Gasteiger charge is -2.10. The smallest absolute Gasteiger partial charge is 0.166 e. The Balaban J connectivity index is 1.85. The minimum atomic E-state index is -0.749. The van der Waals surface area contributed by atoms with Gasteiger partial charge >= 0.3 is 0 Å². The topological polar surface area (TPSA) is 0 Å². The van der Waals surface area contributed by atoms with Crippen molar-refractivity contribution in [3.8, 4) is 22.3 Å². The van der Waals surface area contributed by atoms with Crippen molar-refractivity contribution in [2.75, 3.05) is 0 Å². The number of halogens is 2. The van der Waals surface area contributed by atoms with Crippen LogP contribution in [0.2, 0.25) is 0 Å². The SMILES string of the molecule is CCCCCc1ccc(-c2ccc(-c3ccccc3)cc2)c(F)c1F. The molecule has 0 atom stereocenters. The molecule has 2 heteroatoms. The number of hydrogen-bond donors (Lipinski definition) is 0. The van der Waals surface area contributed by atoms with Crippen molar-refractivity contribution in [3.63, 3.8) is 0 Å². The first-order chi connectivity index (χ1) is 12.2. The Morgan fingerprint density at radius 1 is 0.640 bits per heavy atom. The molecule has 0 unspecified atom stereocenters. The maximum absolute atomic E-state index is 14.5. The molecule has 0 fully saturated rings. The molecule has 0 nitrogen and oxygen atoms in total. The van der Waals surface area contributed by atoms with Crippen molar-refractivity contribution >= 4 is 0 Å². The molecule has 3 aromatic rings. The van der Waals surface area contributed by atoms with Crippen molar-refractivity contribution in [1.29, 1.82) is 0 Å². The van der Waals surface area contributed by atoms with Gasteiger partial charge in [-0.2, -0.15) is 0 Å². The number of hydrogen-bond acceptors (Lipinski definition) is 0. The second-order valence-electron chi connectivity index (χ2n) is 6.30. The predicted molar refractivity (Wildman–Crippen MR) is 100 cm³/mol. The Morgan fingerprint density at radius 2 is 1.28 bits per heavy atom. The van der Waals surface area contributed by atoms with E-state index in [9.17, 15) is 8.78 Å². The van der Waals surface area contributed by atoms with E-state index in [1.807, 2.05) is 54.6 Å². The molecule has 0 amide bonds. The van der Waals surface area contributed by atoms with Crippen molar-refractivity contribution in [1.82, 2.24) is 0 Å². The monoisotopic (exact) mass is 336 g/mol. The van der Waals surface area contributed by atoms with Gasteiger partial charge in [0.15, 0.2) is 11.6 Å². The van der Waals surface area contributed by atoms with E-state index in [1.54, 1.807) is 12.1 Å². The summed E-state index contributed by atoms with van der Waals surface area (Å²) in [6.07, 6.45) is 3.57. The molecule has 0 spiro atoms. The van der Waals surface area contributed by atoms with Gasteiger partial charge in [-0.15, -0.1) is 0 Å². The quantitative estimate of drug-likeness (QED) is 0.424. The lowest BCUT2D eigenvalue weighted by Crippen LogP contribution is -1.97. The largest absolute Gasteiger partial charge is 0.203 e. The van der Waals surface area contributed by atoms with E-state index in [-0.39, 0.29) is 0 Å². The number of benzene rings is 3. The maximum Gasteiger partial charge on any atom is 0.166 e. The molecule has 0 saturated heterocycles. The molecule has 0 radical (unpaired) electrons. The fourth-order valence-corrected chi connectivity index (χ4v) is 3.04. The van der Waals surface area contributed by atoms with Crippen LogP contribution in [0.15, 0.2) is 66.7 Å². The van der Waals surface area contributed by atoms with Crippen LogP contribution in [0.4, 0.5) is 8.78 Å². The summed E-state index contributed by atoms with van der Waals surface area (Å²) in [6, 6.07) is 21.0. The van der Waals surface area contributed by atoms with Gasteiger partial charge in [0, 0.05) is 5.56 Å². The van der Waals surface area contributed by atoms with Crippen LogP contribution in [-0.2, 0) is 6.42 Å². The Kier molecular flexibility index (Phi) is 5.60. The van der Waals surface area contributed by atoms with Crippen LogP contribution in [0.3, 0.4) is 0 Å². The van der Waals surface area contributed by atoms with E-state index < -0.39 is 11.6 Å². The van der Waals surface area contributed by atoms with Crippen LogP contribution >= 0.6 is 0 Å². The highest BCUT2D eigenvalue weighted by Gasteiger charge is 2.14. The van der Waals surface area contributed by atoms with Gasteiger partial charge in [-0.05, 0) is 35.1 Å². The molecule has 3 aromatic carbocycles. The molecular formula is C23H22F2. The van der Waals surface area contributed by atoms with Crippen LogP contribution < -0.4 is 0 Å². The molecule has 0 saturated carbocycles. The van der Waals surface area contributed by atoms with Crippen molar-refractivity contribution in [2.24, 2.45) is 0 Å². The van der Waals surface area contributed by atoms with E-state index in [0.717, 1.165) is 30.4 Å². The molecule has 3 rings (SSSR count). The molecule has 25 heavy (non-hydrogen) atoms. The van der Waals surface area contributed by atoms with Gasteiger partial charge in [0.25, 0.3) is 0 Å². The Morgan fingerprint density at radius 3 is 1.96 bits per heavy atom. The van der Waals surface area contributed by atoms with Gasteiger partial charge in [0.1, 0.15) is 0 Å². The first-order valence-corrected chi connectivity index (χ1v) is 8.83. The molecule has 0 aromatic heterocycles. The van der Waals surface area contributed by atoms with E-state index in [4.69, 9.17) is 0 Å². The van der Waals surface area contributed by atoms with E-state index >= 15 is 0 Å². The highest BCUT2D eigenvalue weighted by molar-refractivity contribution is 5.71. The van der Waals surface area contributed by atoms with Crippen LogP contribution in [-0.4, -0.2) is 0 Å². The van der Waals surface area contributed by atoms with Gasteiger partial charge in [-0.3, -0.25) is 0 Å². The lowest BCUT2D eigenvalue weighted by atomic mass is 9.97. The molecule has 0 aliphatic heterocycles. The average Bonchev–Trinajstić information content (AvgIpc) is 2.66. The maximum atomic E-state index is 14.5. The van der Waals surface area contributed by atoms with Gasteiger partial charge in [0.2, 0.25) is 0 Å². The summed E-state index contributed by atoms with van der Waals surface area (Å²) in [6.45, 7) is 2.10. The summed E-state index contributed by atoms with van der Waals surface area (Å²) in [4.78, 5) is 0. The van der Waals surface area contributed by atoms with Crippen molar-refractivity contribution in [2.45, 2.75) is 32.6 Å². The zero-order valence-corrected chi connectivity index (χ0v) is 14.4. The van der Waals surface area contributed by atoms with E-state index in [0.29, 0.717) is 23.1 Å². The van der Waals surface area contributed by atoms with Crippen molar-refractivity contribution < 1.29 is 8.78 Å². The summed E-state index contributed by atoms with van der Waals surface area (Å²) in [5.41, 5.74) is 3.64. The Hall–Kier alpha value is -2.48. The first-order valence-electron chi connectivity index (χ1n) is 8.83. The first kappa shape index (κ1) is 17.3. The third-order valence-electron chi connectivity index (χ3n) is 4.51. The van der Waals surface area contributed by atoms with Crippen LogP contribution in [0, 0.1) is 11.6 Å². The summed E-state index contributed by atoms with van der Waals surface area (Å²) < 4.78 is 28.8. The molecule has 0 N–H and O–H groups in total. The van der Waals surface area contributed by atoms with Gasteiger partial charge in [-0.25, -0.2) is 8.78 Å². The number of aryl methyl sites for hydroxylation is 1. The molecule has 0 aliphatic carbocycles. The standard InChI is InChI=1S/C23H22F2/c1-2-3-5-10-20-15-16-21(23(25)22(20)24)19-13-11-18(12-14-19)17-8-6-4-7-9-17/h4,6-9,11-16H,2-3,5,10H2,1H3. The van der Waals surface area contributed by atoms with E-state index in [1.165, 1.54) is 0 Å². The van der Waals surface area contributed by atoms with Gasteiger partial charge < -0.3 is 0 Å². The Bertz CT molecular complexity index is 821. The summed E-state index contributed by atoms with van der Waals surface area (Å²) in [5.74, 6) is -1.46. The van der Waals surface area contributed by atoms with E-state index in [2.05, 4.69) is 6.92 Å². The molecule has 128 valence electrons. The average molecular weight is 336 g/mol. The summed E-state index contributed by atoms with van der Waals surface area (Å²) >= 11 is 0. The van der Waals surface area contributed by atoms with Crippen molar-refractivity contribution in [3.05, 3.63) is 83.9 Å². The van der Waals surface area contributed by atoms with Gasteiger partial charge in [0.05, 0.1) is 0 Å². The molecule has 0 heterocycles. The fourth-order valence-electron chi connectivity index (χ4n) is 3.04. The minimum absolute atomic E-state index is 0.316. The van der Waals surface area contributed by atoms with Gasteiger partial charge in [-0.1, -0.05) is 86.5 Å². The second-order valence-corrected chi connectivity index (χ2v) is 6.30. The highest BCUT2D eigenvalue weighted by Crippen LogP contribution is 2.29. The zero-order chi connectivity index (χ0) is 17.6. The minimum Gasteiger partial charge on any atom is -0.203 e. The van der Waals surface area contributed by atoms with Crippen LogP contribution in [0.5, 0.6) is 0 Å². The number of unbranched alkanes of at least 4 members (excludes halogenated alkanes) is 2. The summed E-state index contributed by atoms with van der Waals surface area (Å²) in [5, 5.41) is 0. The second kappa shape index (κ2) is 8.06. The van der Waals surface area contributed by atoms with Crippen LogP contribution in [0.25, 0.3) is 22.3 Å². The predicted octanol–water partition coefficient (Wildman–Crippen LogP) is 7.03. The molecular weight excluding hydrogens is 314 g/mol. The highest BCUT2D eigenvalue weighted by atomic mass is 19.2. The zero-order valence-electron chi connectivity index (χ0n) is 14.4. The normalized spacial score (nSPS) is 10.8. The summed E-state index contributed by atoms with van der Waals surface area (Å²) in [7, 11) is 0. The van der Waals surface area contributed by atoms with Crippen LogP contribution in [0.1, 0.15) is 31.7 Å². The molecule has 0 bridgehead atoms.